The van der Waals surface area contributed by atoms with E-state index in [-0.39, 0.29) is 32.6 Å². The number of esters is 2. The van der Waals surface area contributed by atoms with Crippen LogP contribution in [0.5, 0.6) is 0 Å². The highest BCUT2D eigenvalue weighted by molar-refractivity contribution is 7.47. The molecule has 0 saturated carbocycles. The van der Waals surface area contributed by atoms with Crippen molar-refractivity contribution < 1.29 is 37.6 Å². The zero-order chi connectivity index (χ0) is 36.1. The van der Waals surface area contributed by atoms with Crippen LogP contribution in [0.25, 0.3) is 0 Å². The monoisotopic (exact) mass is 713 g/mol. The Bertz CT molecular complexity index is 907. The van der Waals surface area contributed by atoms with Gasteiger partial charge in [-0.25, -0.2) is 4.57 Å². The zero-order valence-corrected chi connectivity index (χ0v) is 32.1. The van der Waals surface area contributed by atoms with E-state index in [2.05, 4.69) is 50.3 Å². The van der Waals surface area contributed by atoms with Crippen LogP contribution in [0.4, 0.5) is 0 Å². The zero-order valence-electron chi connectivity index (χ0n) is 31.2. The topological polar surface area (TPSA) is 134 Å². The molecule has 0 rings (SSSR count). The van der Waals surface area contributed by atoms with Gasteiger partial charge in [0.2, 0.25) is 0 Å². The highest BCUT2D eigenvalue weighted by Crippen LogP contribution is 2.43. The minimum atomic E-state index is -4.38. The summed E-state index contributed by atoms with van der Waals surface area (Å²) in [6.07, 6.45) is 37.4. The van der Waals surface area contributed by atoms with E-state index < -0.39 is 32.5 Å². The Morgan fingerprint density at radius 3 is 1.61 bits per heavy atom. The third kappa shape index (κ3) is 35.8. The molecule has 49 heavy (non-hydrogen) atoms. The molecule has 0 saturated heterocycles. The number of unbranched alkanes of at least 4 members (excludes halogenated alkanes) is 18. The van der Waals surface area contributed by atoms with Crippen molar-refractivity contribution in [1.82, 2.24) is 0 Å². The molecule has 0 aromatic rings. The average molecular weight is 714 g/mol. The van der Waals surface area contributed by atoms with Crippen molar-refractivity contribution in [2.24, 2.45) is 5.73 Å². The molecule has 0 amide bonds. The number of rotatable bonds is 36. The van der Waals surface area contributed by atoms with Gasteiger partial charge in [-0.05, 0) is 64.2 Å². The van der Waals surface area contributed by atoms with Crippen LogP contribution in [-0.2, 0) is 32.7 Å². The number of phosphoric acid groups is 1. The third-order valence-electron chi connectivity index (χ3n) is 8.03. The largest absolute Gasteiger partial charge is 0.472 e. The van der Waals surface area contributed by atoms with E-state index in [4.69, 9.17) is 24.3 Å². The maximum Gasteiger partial charge on any atom is 0.472 e. The molecule has 0 heterocycles. The van der Waals surface area contributed by atoms with Crippen molar-refractivity contribution in [2.75, 3.05) is 26.4 Å². The van der Waals surface area contributed by atoms with E-state index in [1.807, 2.05) is 0 Å². The molecule has 0 radical (unpaired) electrons. The molecule has 0 aromatic carbocycles. The highest BCUT2D eigenvalue weighted by Gasteiger charge is 2.25. The minimum absolute atomic E-state index is 0.0483. The molecular weight excluding hydrogens is 641 g/mol. The Morgan fingerprint density at radius 1 is 0.612 bits per heavy atom. The van der Waals surface area contributed by atoms with Crippen molar-refractivity contribution in [1.29, 1.82) is 0 Å². The number of carbonyl (C=O) groups is 2. The van der Waals surface area contributed by atoms with Gasteiger partial charge in [-0.3, -0.25) is 18.6 Å². The number of hydrogen-bond acceptors (Lipinski definition) is 8. The summed E-state index contributed by atoms with van der Waals surface area (Å²) in [6, 6.07) is 0. The fraction of sp³-hybridized carbons (Fsp3) is 0.795. The number of carbonyl (C=O) groups excluding carboxylic acids is 2. The SMILES string of the molecule is CCCCCC/C=C/C=C/CCCCCCCC(=O)O[C@H](COC(=O)CCCCC/C=C/CCCCCCCC)COP(=O)(O)OCCN. The number of ether oxygens (including phenoxy) is 2. The Balaban J connectivity index is 4.28. The second-order valence-corrected chi connectivity index (χ2v) is 14.3. The van der Waals surface area contributed by atoms with Crippen LogP contribution in [-0.4, -0.2) is 49.3 Å². The van der Waals surface area contributed by atoms with Crippen LogP contribution >= 0.6 is 7.82 Å². The summed E-state index contributed by atoms with van der Waals surface area (Å²) < 4.78 is 32.6. The van der Waals surface area contributed by atoms with Gasteiger partial charge in [-0.2, -0.15) is 0 Å². The molecule has 3 N–H and O–H groups in total. The van der Waals surface area contributed by atoms with Crippen molar-refractivity contribution in [3.63, 3.8) is 0 Å². The molecule has 1 unspecified atom stereocenters. The molecule has 0 bridgehead atoms. The van der Waals surface area contributed by atoms with E-state index in [1.165, 1.54) is 64.2 Å². The van der Waals surface area contributed by atoms with Crippen molar-refractivity contribution in [2.45, 2.75) is 174 Å². The molecular formula is C39H72NO8P. The maximum absolute atomic E-state index is 12.5. The lowest BCUT2D eigenvalue weighted by molar-refractivity contribution is -0.161. The van der Waals surface area contributed by atoms with Gasteiger partial charge < -0.3 is 20.1 Å². The minimum Gasteiger partial charge on any atom is -0.462 e. The Morgan fingerprint density at radius 2 is 1.06 bits per heavy atom. The summed E-state index contributed by atoms with van der Waals surface area (Å²) >= 11 is 0. The molecule has 286 valence electrons. The molecule has 0 aromatic heterocycles. The smallest absolute Gasteiger partial charge is 0.462 e. The van der Waals surface area contributed by atoms with Gasteiger partial charge in [-0.1, -0.05) is 127 Å². The quantitative estimate of drug-likeness (QED) is 0.0214. The van der Waals surface area contributed by atoms with Crippen molar-refractivity contribution in [3.8, 4) is 0 Å². The predicted molar refractivity (Wildman–Crippen MR) is 201 cm³/mol. The molecule has 0 fully saturated rings. The van der Waals surface area contributed by atoms with E-state index in [1.54, 1.807) is 0 Å². The van der Waals surface area contributed by atoms with Crippen molar-refractivity contribution >= 4 is 19.8 Å². The lowest BCUT2D eigenvalue weighted by Gasteiger charge is -2.19. The summed E-state index contributed by atoms with van der Waals surface area (Å²) in [4.78, 5) is 34.7. The van der Waals surface area contributed by atoms with E-state index in [0.717, 1.165) is 64.2 Å². The standard InChI is InChI=1S/C39H72NO8P/c1-3-5-7-9-11-13-15-17-18-20-22-24-26-28-30-32-39(42)48-37(36-47-49(43,44)46-34-33-40)35-45-38(41)31-29-27-25-23-21-19-16-14-12-10-8-6-4-2/h13,15,17-19,21,37H,3-12,14,16,20,22-36,40H2,1-2H3,(H,43,44)/b15-13+,18-17+,21-19+/t37-/m1/s1. The normalized spacial score (nSPS) is 13.8. The van der Waals surface area contributed by atoms with Crippen LogP contribution in [0.15, 0.2) is 36.5 Å². The second-order valence-electron chi connectivity index (χ2n) is 12.8. The number of allylic oxidation sites excluding steroid dienone is 6. The van der Waals surface area contributed by atoms with Gasteiger partial charge in [0.25, 0.3) is 0 Å². The van der Waals surface area contributed by atoms with Gasteiger partial charge in [0.05, 0.1) is 13.2 Å². The van der Waals surface area contributed by atoms with E-state index in [0.29, 0.717) is 12.8 Å². The first-order chi connectivity index (χ1) is 23.8. The van der Waals surface area contributed by atoms with E-state index in [9.17, 15) is 19.0 Å². The first-order valence-electron chi connectivity index (χ1n) is 19.5. The van der Waals surface area contributed by atoms with Gasteiger partial charge in [-0.15, -0.1) is 0 Å². The molecule has 0 aliphatic heterocycles. The van der Waals surface area contributed by atoms with Gasteiger partial charge in [0.1, 0.15) is 6.61 Å². The summed E-state index contributed by atoms with van der Waals surface area (Å²) in [6.45, 7) is 3.65. The number of nitrogens with two attached hydrogens (primary N) is 1. The third-order valence-corrected chi connectivity index (χ3v) is 9.01. The molecule has 10 heteroatoms. The molecule has 0 aliphatic rings. The first kappa shape index (κ1) is 47.2. The molecule has 9 nitrogen and oxygen atoms in total. The van der Waals surface area contributed by atoms with Gasteiger partial charge in [0, 0.05) is 19.4 Å². The number of hydrogen-bond donors (Lipinski definition) is 2. The molecule has 2 atom stereocenters. The molecule has 0 spiro atoms. The lowest BCUT2D eigenvalue weighted by Crippen LogP contribution is -2.29. The summed E-state index contributed by atoms with van der Waals surface area (Å²) in [7, 11) is -4.38. The predicted octanol–water partition coefficient (Wildman–Crippen LogP) is 10.6. The number of phosphoric ester groups is 1. The second kappa shape index (κ2) is 36.0. The first-order valence-corrected chi connectivity index (χ1v) is 21.0. The Labute approximate surface area is 299 Å². The van der Waals surface area contributed by atoms with Gasteiger partial charge >= 0.3 is 19.8 Å². The maximum atomic E-state index is 12.5. The van der Waals surface area contributed by atoms with Crippen molar-refractivity contribution in [3.05, 3.63) is 36.5 Å². The lowest BCUT2D eigenvalue weighted by atomic mass is 10.1. The van der Waals surface area contributed by atoms with Crippen LogP contribution < -0.4 is 5.73 Å². The summed E-state index contributed by atoms with van der Waals surface area (Å²) in [5.74, 6) is -0.867. The Kier molecular flexibility index (Phi) is 34.7. The highest BCUT2D eigenvalue weighted by atomic mass is 31.2. The van der Waals surface area contributed by atoms with Crippen LogP contribution in [0.3, 0.4) is 0 Å². The summed E-state index contributed by atoms with van der Waals surface area (Å²) in [5.41, 5.74) is 5.33. The van der Waals surface area contributed by atoms with Gasteiger partial charge in [0.15, 0.2) is 6.10 Å². The average Bonchev–Trinajstić information content (AvgIpc) is 3.08. The van der Waals surface area contributed by atoms with E-state index >= 15 is 0 Å². The fourth-order valence-electron chi connectivity index (χ4n) is 5.09. The van der Waals surface area contributed by atoms with Crippen LogP contribution in [0, 0.1) is 0 Å². The Hall–Kier alpha value is -1.77. The molecule has 0 aliphatic carbocycles. The fourth-order valence-corrected chi connectivity index (χ4v) is 5.85. The van der Waals surface area contributed by atoms with Crippen LogP contribution in [0.2, 0.25) is 0 Å². The van der Waals surface area contributed by atoms with Crippen LogP contribution in [0.1, 0.15) is 168 Å². The summed E-state index contributed by atoms with van der Waals surface area (Å²) in [5, 5.41) is 0.